The molecule has 26 heavy (non-hydrogen) atoms. The van der Waals surface area contributed by atoms with E-state index in [2.05, 4.69) is 27.8 Å². The molecule has 0 unspecified atom stereocenters. The summed E-state index contributed by atoms with van der Waals surface area (Å²) in [5.41, 5.74) is 6.99. The minimum atomic E-state index is -0.167. The lowest BCUT2D eigenvalue weighted by molar-refractivity contribution is 0.0531. The number of nitrogens with one attached hydrogen (secondary N) is 1. The number of guanidine groups is 1. The Balaban J connectivity index is 1.67. The van der Waals surface area contributed by atoms with Crippen molar-refractivity contribution < 1.29 is 4.74 Å². The molecule has 1 aliphatic rings. The molecule has 1 aliphatic heterocycles. The van der Waals surface area contributed by atoms with Gasteiger partial charge >= 0.3 is 0 Å². The van der Waals surface area contributed by atoms with Crippen LogP contribution in [0.4, 0.5) is 0 Å². The minimum Gasteiger partial charge on any atom is -0.381 e. The minimum absolute atomic E-state index is 0.167. The van der Waals surface area contributed by atoms with Crippen molar-refractivity contribution in [1.29, 1.82) is 0 Å². The Labute approximate surface area is 168 Å². The summed E-state index contributed by atoms with van der Waals surface area (Å²) < 4.78 is 5.56. The Hall–Kier alpha value is -1.27. The van der Waals surface area contributed by atoms with Gasteiger partial charge in [-0.2, -0.15) is 0 Å². The third-order valence-electron chi connectivity index (χ3n) is 4.76. The fourth-order valence-corrected chi connectivity index (χ4v) is 4.57. The Morgan fingerprint density at radius 1 is 1.27 bits per heavy atom. The van der Waals surface area contributed by atoms with E-state index in [0.29, 0.717) is 35.8 Å². The van der Waals surface area contributed by atoms with Crippen LogP contribution in [-0.2, 0) is 16.6 Å². The Morgan fingerprint density at radius 2 is 2.08 bits per heavy atom. The van der Waals surface area contributed by atoms with E-state index in [1.54, 1.807) is 17.4 Å². The van der Waals surface area contributed by atoms with Crippen molar-refractivity contribution in [3.05, 3.63) is 56.2 Å². The van der Waals surface area contributed by atoms with Gasteiger partial charge in [-0.1, -0.05) is 35.3 Å². The largest absolute Gasteiger partial charge is 0.381 e. The molecule has 1 aromatic heterocycles. The topological polar surface area (TPSA) is 59.6 Å². The molecule has 1 fully saturated rings. The second-order valence-corrected chi connectivity index (χ2v) is 8.35. The van der Waals surface area contributed by atoms with Gasteiger partial charge in [0.2, 0.25) is 0 Å². The van der Waals surface area contributed by atoms with Crippen molar-refractivity contribution in [3.8, 4) is 0 Å². The number of benzene rings is 1. The molecule has 0 bridgehead atoms. The molecule has 0 aliphatic carbocycles. The number of hydrogen-bond acceptors (Lipinski definition) is 3. The normalized spacial score (nSPS) is 17.2. The molecule has 2 heterocycles. The molecular formula is C19H23Cl2N3OS. The van der Waals surface area contributed by atoms with Crippen molar-refractivity contribution in [3.63, 3.8) is 0 Å². The summed E-state index contributed by atoms with van der Waals surface area (Å²) in [4.78, 5) is 5.95. The highest BCUT2D eigenvalue weighted by molar-refractivity contribution is 7.09. The number of aliphatic imine (C=N–C) groups is 1. The zero-order valence-electron chi connectivity index (χ0n) is 14.5. The number of thiophene rings is 1. The van der Waals surface area contributed by atoms with E-state index in [1.807, 2.05) is 12.1 Å². The van der Waals surface area contributed by atoms with Gasteiger partial charge < -0.3 is 15.8 Å². The second-order valence-electron chi connectivity index (χ2n) is 6.47. The quantitative estimate of drug-likeness (QED) is 0.551. The maximum atomic E-state index is 6.49. The molecule has 4 nitrogen and oxygen atoms in total. The Kier molecular flexibility index (Phi) is 6.81. The van der Waals surface area contributed by atoms with E-state index in [0.717, 1.165) is 31.4 Å². The van der Waals surface area contributed by atoms with Gasteiger partial charge in [-0.15, -0.1) is 11.3 Å². The summed E-state index contributed by atoms with van der Waals surface area (Å²) in [7, 11) is 0. The SMILES string of the molecule is NC(=NCC1(c2ccc(Cl)cc2Cl)CCOCC1)NCCc1cccs1. The van der Waals surface area contributed by atoms with Gasteiger partial charge in [0, 0.05) is 40.1 Å². The van der Waals surface area contributed by atoms with Crippen LogP contribution in [0.2, 0.25) is 10.0 Å². The summed E-state index contributed by atoms with van der Waals surface area (Å²) in [6.45, 7) is 2.74. The van der Waals surface area contributed by atoms with Crippen LogP contribution < -0.4 is 11.1 Å². The maximum absolute atomic E-state index is 6.49. The monoisotopic (exact) mass is 411 g/mol. The van der Waals surface area contributed by atoms with Gasteiger partial charge in [-0.05, 0) is 48.4 Å². The van der Waals surface area contributed by atoms with Gasteiger partial charge in [-0.3, -0.25) is 4.99 Å². The highest BCUT2D eigenvalue weighted by Crippen LogP contribution is 2.39. The standard InChI is InChI=1S/C19H23Cl2N3OS/c20-14-3-4-16(17(21)12-14)19(6-9-25-10-7-19)13-24-18(22)23-8-5-15-2-1-11-26-15/h1-4,11-12H,5-10,13H2,(H3,22,23,24). The van der Waals surface area contributed by atoms with Crippen molar-refractivity contribution in [2.75, 3.05) is 26.3 Å². The molecule has 0 atom stereocenters. The predicted octanol–water partition coefficient (Wildman–Crippen LogP) is 4.25. The van der Waals surface area contributed by atoms with Gasteiger partial charge in [-0.25, -0.2) is 0 Å². The van der Waals surface area contributed by atoms with E-state index in [-0.39, 0.29) is 5.41 Å². The zero-order chi connectivity index (χ0) is 18.4. The molecular weight excluding hydrogens is 389 g/mol. The maximum Gasteiger partial charge on any atom is 0.188 e. The van der Waals surface area contributed by atoms with Gasteiger partial charge in [0.1, 0.15) is 0 Å². The van der Waals surface area contributed by atoms with Gasteiger partial charge in [0.15, 0.2) is 5.96 Å². The zero-order valence-corrected chi connectivity index (χ0v) is 16.8. The third-order valence-corrected chi connectivity index (χ3v) is 6.25. The third kappa shape index (κ3) is 4.92. The fourth-order valence-electron chi connectivity index (χ4n) is 3.26. The molecule has 1 aromatic carbocycles. The lowest BCUT2D eigenvalue weighted by atomic mass is 9.74. The first kappa shape index (κ1) is 19.5. The average Bonchev–Trinajstić information content (AvgIpc) is 3.14. The smallest absolute Gasteiger partial charge is 0.188 e. The Morgan fingerprint density at radius 3 is 2.77 bits per heavy atom. The van der Waals surface area contributed by atoms with Crippen molar-refractivity contribution in [2.24, 2.45) is 10.7 Å². The van der Waals surface area contributed by atoms with Crippen LogP contribution >= 0.6 is 34.5 Å². The van der Waals surface area contributed by atoms with Crippen LogP contribution in [0.3, 0.4) is 0 Å². The van der Waals surface area contributed by atoms with Crippen LogP contribution in [0.25, 0.3) is 0 Å². The van der Waals surface area contributed by atoms with Gasteiger partial charge in [0.05, 0.1) is 6.54 Å². The number of nitrogens with zero attached hydrogens (tertiary/aromatic N) is 1. The number of halogens is 2. The van der Waals surface area contributed by atoms with Crippen LogP contribution in [0, 0.1) is 0 Å². The molecule has 0 radical (unpaired) electrons. The second kappa shape index (κ2) is 9.09. The lowest BCUT2D eigenvalue weighted by Gasteiger charge is -2.37. The molecule has 1 saturated heterocycles. The summed E-state index contributed by atoms with van der Waals surface area (Å²) in [5, 5.41) is 6.60. The number of ether oxygens (including phenoxy) is 1. The molecule has 0 spiro atoms. The lowest BCUT2D eigenvalue weighted by Crippen LogP contribution is -2.39. The molecule has 0 amide bonds. The molecule has 7 heteroatoms. The Bertz CT molecular complexity index is 743. The molecule has 0 saturated carbocycles. The van der Waals surface area contributed by atoms with E-state index in [4.69, 9.17) is 33.7 Å². The summed E-state index contributed by atoms with van der Waals surface area (Å²) in [6, 6.07) is 9.86. The molecule has 3 N–H and O–H groups in total. The summed E-state index contributed by atoms with van der Waals surface area (Å²) in [5.74, 6) is 0.470. The average molecular weight is 412 g/mol. The highest BCUT2D eigenvalue weighted by Gasteiger charge is 2.36. The van der Waals surface area contributed by atoms with E-state index in [9.17, 15) is 0 Å². The van der Waals surface area contributed by atoms with Crippen LogP contribution in [0.15, 0.2) is 40.7 Å². The molecule has 2 aromatic rings. The first-order valence-electron chi connectivity index (χ1n) is 8.68. The molecule has 140 valence electrons. The van der Waals surface area contributed by atoms with Gasteiger partial charge in [0.25, 0.3) is 0 Å². The van der Waals surface area contributed by atoms with Crippen LogP contribution in [0.5, 0.6) is 0 Å². The fraction of sp³-hybridized carbons (Fsp3) is 0.421. The highest BCUT2D eigenvalue weighted by atomic mass is 35.5. The summed E-state index contributed by atoms with van der Waals surface area (Å²) in [6.07, 6.45) is 2.66. The van der Waals surface area contributed by atoms with Crippen LogP contribution in [0.1, 0.15) is 23.3 Å². The van der Waals surface area contributed by atoms with Crippen molar-refractivity contribution in [2.45, 2.75) is 24.7 Å². The van der Waals surface area contributed by atoms with E-state index < -0.39 is 0 Å². The van der Waals surface area contributed by atoms with Crippen LogP contribution in [-0.4, -0.2) is 32.3 Å². The first-order valence-corrected chi connectivity index (χ1v) is 10.3. The van der Waals surface area contributed by atoms with Crippen molar-refractivity contribution >= 4 is 40.5 Å². The first-order chi connectivity index (χ1) is 12.6. The predicted molar refractivity (Wildman–Crippen MR) is 111 cm³/mol. The molecule has 3 rings (SSSR count). The van der Waals surface area contributed by atoms with E-state index in [1.165, 1.54) is 4.88 Å². The van der Waals surface area contributed by atoms with E-state index >= 15 is 0 Å². The number of hydrogen-bond donors (Lipinski definition) is 2. The number of rotatable bonds is 6. The van der Waals surface area contributed by atoms with Crippen molar-refractivity contribution in [1.82, 2.24) is 5.32 Å². The number of nitrogens with two attached hydrogens (primary N) is 1. The summed E-state index contributed by atoms with van der Waals surface area (Å²) >= 11 is 14.3.